The van der Waals surface area contributed by atoms with Crippen molar-refractivity contribution in [3.8, 4) is 0 Å². The van der Waals surface area contributed by atoms with Crippen LogP contribution in [0.15, 0.2) is 60.3 Å². The summed E-state index contributed by atoms with van der Waals surface area (Å²) in [4.78, 5) is 25.6. The van der Waals surface area contributed by atoms with Crippen molar-refractivity contribution in [2.75, 3.05) is 6.54 Å². The Morgan fingerprint density at radius 3 is 2.52 bits per heavy atom. The molecular formula is C22H14F3NO3. The second kappa shape index (κ2) is 7.09. The van der Waals surface area contributed by atoms with E-state index in [4.69, 9.17) is 0 Å². The highest BCUT2D eigenvalue weighted by Crippen LogP contribution is 2.38. The summed E-state index contributed by atoms with van der Waals surface area (Å²) in [5, 5.41) is 9.21. The summed E-state index contributed by atoms with van der Waals surface area (Å²) >= 11 is 0. The fraction of sp³-hybridized carbons (Fsp3) is 0.0909. The Morgan fingerprint density at radius 2 is 1.79 bits per heavy atom. The number of allylic oxidation sites excluding steroid dienone is 4. The number of benzene rings is 2. The maximum absolute atomic E-state index is 14.5. The van der Waals surface area contributed by atoms with E-state index in [0.29, 0.717) is 11.4 Å². The van der Waals surface area contributed by atoms with E-state index in [0.717, 1.165) is 30.3 Å². The standard InChI is InChI=1S/C22H14F3NO3/c23-13-5-6-14(17(25)11-13)18-2-1-3-19-21(20(27)8-9-26(18)19)15-10-12(22(28)29)4-7-16(15)24/h1-7,10-11H,8-9H2,(H,28,29). The number of rotatable bonds is 3. The molecule has 0 unspecified atom stereocenters. The lowest BCUT2D eigenvalue weighted by Gasteiger charge is -2.35. The molecule has 0 bridgehead atoms. The average molecular weight is 397 g/mol. The first-order valence-corrected chi connectivity index (χ1v) is 8.79. The molecule has 0 amide bonds. The van der Waals surface area contributed by atoms with E-state index in [1.54, 1.807) is 23.1 Å². The zero-order chi connectivity index (χ0) is 20.7. The van der Waals surface area contributed by atoms with E-state index in [1.807, 2.05) is 0 Å². The number of hydrogen-bond donors (Lipinski definition) is 1. The maximum Gasteiger partial charge on any atom is 0.335 e. The minimum Gasteiger partial charge on any atom is -0.478 e. The monoisotopic (exact) mass is 397 g/mol. The van der Waals surface area contributed by atoms with Gasteiger partial charge in [-0.05, 0) is 42.5 Å². The quantitative estimate of drug-likeness (QED) is 0.834. The maximum atomic E-state index is 14.5. The fourth-order valence-corrected chi connectivity index (χ4v) is 3.55. The Bertz CT molecular complexity index is 1150. The zero-order valence-corrected chi connectivity index (χ0v) is 15.0. The molecule has 146 valence electrons. The topological polar surface area (TPSA) is 57.6 Å². The van der Waals surface area contributed by atoms with Gasteiger partial charge in [-0.2, -0.15) is 0 Å². The SMILES string of the molecule is O=C1CCN2C(c3ccc(F)cc3F)=CC=CC2=C1c1cc(C(=O)O)ccc1F. The van der Waals surface area contributed by atoms with Crippen LogP contribution in [0.2, 0.25) is 0 Å². The van der Waals surface area contributed by atoms with Gasteiger partial charge in [-0.15, -0.1) is 0 Å². The molecule has 2 aliphatic rings. The van der Waals surface area contributed by atoms with E-state index in [9.17, 15) is 27.9 Å². The summed E-state index contributed by atoms with van der Waals surface area (Å²) in [7, 11) is 0. The number of carbonyl (C=O) groups is 2. The molecule has 2 aromatic carbocycles. The first-order chi connectivity index (χ1) is 13.9. The number of nitrogens with zero attached hydrogens (tertiary/aromatic N) is 1. The van der Waals surface area contributed by atoms with Crippen molar-refractivity contribution in [2.24, 2.45) is 0 Å². The highest BCUT2D eigenvalue weighted by atomic mass is 19.1. The van der Waals surface area contributed by atoms with Crippen LogP contribution < -0.4 is 0 Å². The normalized spacial score (nSPS) is 16.0. The van der Waals surface area contributed by atoms with E-state index in [1.165, 1.54) is 6.07 Å². The third kappa shape index (κ3) is 3.24. The average Bonchev–Trinajstić information content (AvgIpc) is 2.68. The minimum absolute atomic E-state index is 0.0289. The third-order valence-corrected chi connectivity index (χ3v) is 4.88. The van der Waals surface area contributed by atoms with Gasteiger partial charge in [-0.25, -0.2) is 18.0 Å². The van der Waals surface area contributed by atoms with Gasteiger partial charge in [0.2, 0.25) is 0 Å². The van der Waals surface area contributed by atoms with Gasteiger partial charge in [0.15, 0.2) is 5.78 Å². The van der Waals surface area contributed by atoms with Crippen molar-refractivity contribution < 1.29 is 27.9 Å². The van der Waals surface area contributed by atoms with Gasteiger partial charge < -0.3 is 10.0 Å². The molecule has 2 aliphatic heterocycles. The highest BCUT2D eigenvalue weighted by molar-refractivity contribution is 6.23. The van der Waals surface area contributed by atoms with Gasteiger partial charge in [0, 0.05) is 30.2 Å². The molecular weight excluding hydrogens is 383 g/mol. The lowest BCUT2D eigenvalue weighted by molar-refractivity contribution is -0.114. The summed E-state index contributed by atoms with van der Waals surface area (Å²) in [5.74, 6) is -3.79. The second-order valence-electron chi connectivity index (χ2n) is 6.62. The van der Waals surface area contributed by atoms with Crippen LogP contribution in [-0.2, 0) is 4.79 Å². The Balaban J connectivity index is 1.88. The Hall–Kier alpha value is -3.61. The number of carboxylic acid groups (broad SMARTS) is 1. The van der Waals surface area contributed by atoms with Gasteiger partial charge in [-0.3, -0.25) is 4.79 Å². The van der Waals surface area contributed by atoms with Gasteiger partial charge in [0.1, 0.15) is 17.5 Å². The minimum atomic E-state index is -1.25. The van der Waals surface area contributed by atoms with Crippen LogP contribution in [0.4, 0.5) is 13.2 Å². The molecule has 1 N–H and O–H groups in total. The summed E-state index contributed by atoms with van der Waals surface area (Å²) in [5.41, 5.74) is 0.631. The number of Topliss-reactive ketones (excluding diaryl/α,β-unsaturated/α-hetero) is 1. The number of carboxylic acids is 1. The number of hydrogen-bond acceptors (Lipinski definition) is 3. The van der Waals surface area contributed by atoms with Crippen molar-refractivity contribution in [3.05, 3.63) is 94.5 Å². The number of aromatic carboxylic acids is 1. The lowest BCUT2D eigenvalue weighted by atomic mass is 9.90. The summed E-state index contributed by atoms with van der Waals surface area (Å²) in [6.45, 7) is 0.227. The van der Waals surface area contributed by atoms with Crippen molar-refractivity contribution in [1.29, 1.82) is 0 Å². The van der Waals surface area contributed by atoms with E-state index < -0.39 is 23.4 Å². The second-order valence-corrected chi connectivity index (χ2v) is 6.62. The molecule has 2 heterocycles. The summed E-state index contributed by atoms with van der Waals surface area (Å²) in [6.07, 6.45) is 4.83. The van der Waals surface area contributed by atoms with Crippen molar-refractivity contribution in [2.45, 2.75) is 6.42 Å². The summed E-state index contributed by atoms with van der Waals surface area (Å²) in [6, 6.07) is 6.44. The highest BCUT2D eigenvalue weighted by Gasteiger charge is 2.32. The number of fused-ring (bicyclic) bond motifs is 1. The largest absolute Gasteiger partial charge is 0.478 e. The van der Waals surface area contributed by atoms with Crippen molar-refractivity contribution in [1.82, 2.24) is 4.90 Å². The molecule has 4 rings (SSSR count). The number of ketones is 1. The molecule has 0 aliphatic carbocycles. The van der Waals surface area contributed by atoms with Gasteiger partial charge in [0.05, 0.1) is 22.5 Å². The molecule has 0 spiro atoms. The first-order valence-electron chi connectivity index (χ1n) is 8.79. The molecule has 29 heavy (non-hydrogen) atoms. The molecule has 2 aromatic rings. The first kappa shape index (κ1) is 18.7. The van der Waals surface area contributed by atoms with Crippen molar-refractivity contribution in [3.63, 3.8) is 0 Å². The molecule has 7 heteroatoms. The van der Waals surface area contributed by atoms with E-state index in [2.05, 4.69) is 0 Å². The summed E-state index contributed by atoms with van der Waals surface area (Å²) < 4.78 is 42.2. The molecule has 0 atom stereocenters. The van der Waals surface area contributed by atoms with Crippen LogP contribution in [0.5, 0.6) is 0 Å². The Kier molecular flexibility index (Phi) is 4.58. The van der Waals surface area contributed by atoms with Crippen LogP contribution in [-0.4, -0.2) is 28.3 Å². The fourth-order valence-electron chi connectivity index (χ4n) is 3.55. The third-order valence-electron chi connectivity index (χ3n) is 4.88. The van der Waals surface area contributed by atoms with Crippen molar-refractivity contribution >= 4 is 23.0 Å². The van der Waals surface area contributed by atoms with Crippen LogP contribution in [0, 0.1) is 17.5 Å². The predicted octanol–water partition coefficient (Wildman–Crippen LogP) is 4.40. The molecule has 0 aromatic heterocycles. The molecule has 0 radical (unpaired) electrons. The van der Waals surface area contributed by atoms with Crippen LogP contribution in [0.3, 0.4) is 0 Å². The van der Waals surface area contributed by atoms with Crippen LogP contribution in [0.1, 0.15) is 27.9 Å². The zero-order valence-electron chi connectivity index (χ0n) is 15.0. The molecule has 4 nitrogen and oxygen atoms in total. The van der Waals surface area contributed by atoms with Gasteiger partial charge in [0.25, 0.3) is 0 Å². The van der Waals surface area contributed by atoms with Crippen LogP contribution >= 0.6 is 0 Å². The van der Waals surface area contributed by atoms with E-state index >= 15 is 0 Å². The predicted molar refractivity (Wildman–Crippen MR) is 100 cm³/mol. The molecule has 0 saturated carbocycles. The lowest BCUT2D eigenvalue weighted by Crippen LogP contribution is -2.32. The van der Waals surface area contributed by atoms with Gasteiger partial charge in [-0.1, -0.05) is 6.08 Å². The molecule has 0 fully saturated rings. The molecule has 0 saturated heterocycles. The van der Waals surface area contributed by atoms with Crippen LogP contribution in [0.25, 0.3) is 11.3 Å². The smallest absolute Gasteiger partial charge is 0.335 e. The number of carbonyl (C=O) groups excluding carboxylic acids is 1. The van der Waals surface area contributed by atoms with E-state index in [-0.39, 0.29) is 41.0 Å². The Morgan fingerprint density at radius 1 is 1.00 bits per heavy atom. The Labute approximate surface area is 163 Å². The van der Waals surface area contributed by atoms with Gasteiger partial charge >= 0.3 is 5.97 Å². The number of halogens is 3.